The molecule has 0 aromatic heterocycles. The van der Waals surface area contributed by atoms with E-state index >= 15 is 0 Å². The van der Waals surface area contributed by atoms with Crippen molar-refractivity contribution in [2.75, 3.05) is 6.54 Å². The Labute approximate surface area is 127 Å². The van der Waals surface area contributed by atoms with E-state index in [0.717, 1.165) is 32.1 Å². The molecular weight excluding hydrogens is 266 g/mol. The molecule has 3 N–H and O–H groups in total. The van der Waals surface area contributed by atoms with E-state index in [0.29, 0.717) is 0 Å². The van der Waals surface area contributed by atoms with Gasteiger partial charge < -0.3 is 15.8 Å². The van der Waals surface area contributed by atoms with E-state index in [-0.39, 0.29) is 35.7 Å². The smallest absolute Gasteiger partial charge is 0.226 e. The molecule has 21 heavy (non-hydrogen) atoms. The van der Waals surface area contributed by atoms with Gasteiger partial charge in [-0.15, -0.1) is 0 Å². The van der Waals surface area contributed by atoms with Crippen molar-refractivity contribution >= 4 is 11.7 Å². The van der Waals surface area contributed by atoms with Crippen LogP contribution in [0.1, 0.15) is 65.2 Å². The van der Waals surface area contributed by atoms with Gasteiger partial charge in [-0.1, -0.05) is 44.7 Å². The summed E-state index contributed by atoms with van der Waals surface area (Å²) in [6.45, 7) is 4.66. The standard InChI is InChI=1S/C16H29N3O2/c1-16(2)10-6-5-9-13(16)15(20)19(11-14(17)18-21)12-7-3-4-8-12/h12-13,21H,3-11H2,1-2H3,(H2,17,18). The first kappa shape index (κ1) is 16.1. The molecule has 0 aromatic rings. The molecule has 2 aliphatic carbocycles. The van der Waals surface area contributed by atoms with Crippen LogP contribution in [0.15, 0.2) is 5.16 Å². The lowest BCUT2D eigenvalue weighted by molar-refractivity contribution is -0.142. The van der Waals surface area contributed by atoms with Crippen molar-refractivity contribution in [1.29, 1.82) is 0 Å². The summed E-state index contributed by atoms with van der Waals surface area (Å²) in [4.78, 5) is 15.0. The maximum atomic E-state index is 13.1. The third kappa shape index (κ3) is 3.69. The Morgan fingerprint density at radius 3 is 2.43 bits per heavy atom. The second-order valence-corrected chi connectivity index (χ2v) is 7.28. The number of oxime groups is 1. The lowest BCUT2D eigenvalue weighted by Gasteiger charge is -2.41. The molecule has 2 aliphatic rings. The van der Waals surface area contributed by atoms with Crippen molar-refractivity contribution < 1.29 is 10.0 Å². The molecule has 0 bridgehead atoms. The molecule has 5 nitrogen and oxygen atoms in total. The van der Waals surface area contributed by atoms with Crippen LogP contribution in [0, 0.1) is 11.3 Å². The summed E-state index contributed by atoms with van der Waals surface area (Å²) >= 11 is 0. The van der Waals surface area contributed by atoms with Crippen molar-refractivity contribution in [3.05, 3.63) is 0 Å². The minimum Gasteiger partial charge on any atom is -0.409 e. The SMILES string of the molecule is CC1(C)CCCCC1C(=O)N(CC(N)=NO)C1CCCC1. The maximum Gasteiger partial charge on any atom is 0.226 e. The molecule has 0 heterocycles. The quantitative estimate of drug-likeness (QED) is 0.362. The average Bonchev–Trinajstić information content (AvgIpc) is 2.97. The highest BCUT2D eigenvalue weighted by Crippen LogP contribution is 2.42. The van der Waals surface area contributed by atoms with Crippen LogP contribution >= 0.6 is 0 Å². The monoisotopic (exact) mass is 295 g/mol. The fraction of sp³-hybridized carbons (Fsp3) is 0.875. The third-order valence-corrected chi connectivity index (χ3v) is 5.31. The summed E-state index contributed by atoms with van der Waals surface area (Å²) in [6, 6.07) is 0.260. The van der Waals surface area contributed by atoms with Crippen molar-refractivity contribution in [3.63, 3.8) is 0 Å². The summed E-state index contributed by atoms with van der Waals surface area (Å²) in [7, 11) is 0. The largest absolute Gasteiger partial charge is 0.409 e. The van der Waals surface area contributed by atoms with Gasteiger partial charge in [-0.25, -0.2) is 0 Å². The zero-order valence-corrected chi connectivity index (χ0v) is 13.3. The number of amidine groups is 1. The van der Waals surface area contributed by atoms with Gasteiger partial charge in [0.15, 0.2) is 5.84 Å². The fourth-order valence-electron chi connectivity index (χ4n) is 3.96. The predicted molar refractivity (Wildman–Crippen MR) is 83.1 cm³/mol. The van der Waals surface area contributed by atoms with Crippen LogP contribution in [0.3, 0.4) is 0 Å². The fourth-order valence-corrected chi connectivity index (χ4v) is 3.96. The highest BCUT2D eigenvalue weighted by Gasteiger charge is 2.41. The summed E-state index contributed by atoms with van der Waals surface area (Å²) in [6.07, 6.45) is 8.81. The van der Waals surface area contributed by atoms with Crippen LogP contribution < -0.4 is 5.73 Å². The molecule has 1 unspecified atom stereocenters. The number of rotatable bonds is 4. The Kier molecular flexibility index (Phi) is 5.12. The molecule has 0 aromatic carbocycles. The van der Waals surface area contributed by atoms with Crippen molar-refractivity contribution in [1.82, 2.24) is 4.90 Å². The van der Waals surface area contributed by atoms with Gasteiger partial charge >= 0.3 is 0 Å². The molecule has 1 atom stereocenters. The molecule has 5 heteroatoms. The van der Waals surface area contributed by atoms with E-state index in [9.17, 15) is 4.79 Å². The molecular formula is C16H29N3O2. The summed E-state index contributed by atoms with van der Waals surface area (Å²) in [5, 5.41) is 11.9. The maximum absolute atomic E-state index is 13.1. The van der Waals surface area contributed by atoms with Crippen LogP contribution in [0.25, 0.3) is 0 Å². The number of hydrogen-bond donors (Lipinski definition) is 2. The van der Waals surface area contributed by atoms with Crippen LogP contribution in [0.2, 0.25) is 0 Å². The number of nitrogens with two attached hydrogens (primary N) is 1. The Balaban J connectivity index is 2.16. The first-order chi connectivity index (χ1) is 9.95. The van der Waals surface area contributed by atoms with Gasteiger partial charge in [0.25, 0.3) is 0 Å². The molecule has 2 saturated carbocycles. The topological polar surface area (TPSA) is 78.9 Å². The van der Waals surface area contributed by atoms with Crippen LogP contribution in [-0.2, 0) is 4.79 Å². The Hall–Kier alpha value is -1.26. The van der Waals surface area contributed by atoms with E-state index < -0.39 is 0 Å². The minimum absolute atomic E-state index is 0.0529. The van der Waals surface area contributed by atoms with Gasteiger partial charge in [-0.3, -0.25) is 4.79 Å². The zero-order valence-electron chi connectivity index (χ0n) is 13.3. The lowest BCUT2D eigenvalue weighted by Crippen LogP contribution is -2.50. The highest BCUT2D eigenvalue weighted by molar-refractivity contribution is 5.88. The molecule has 0 saturated heterocycles. The second-order valence-electron chi connectivity index (χ2n) is 7.28. The molecule has 0 aliphatic heterocycles. The van der Waals surface area contributed by atoms with Crippen molar-refractivity contribution in [2.24, 2.45) is 22.2 Å². The number of amides is 1. The van der Waals surface area contributed by atoms with Crippen molar-refractivity contribution in [3.8, 4) is 0 Å². The van der Waals surface area contributed by atoms with E-state index in [2.05, 4.69) is 19.0 Å². The molecule has 0 radical (unpaired) electrons. The lowest BCUT2D eigenvalue weighted by atomic mass is 9.68. The van der Waals surface area contributed by atoms with E-state index in [1.165, 1.54) is 19.3 Å². The van der Waals surface area contributed by atoms with E-state index in [1.807, 2.05) is 4.90 Å². The second kappa shape index (κ2) is 6.67. The number of nitrogens with zero attached hydrogens (tertiary/aromatic N) is 2. The van der Waals surface area contributed by atoms with Gasteiger partial charge in [0.05, 0.1) is 6.54 Å². The van der Waals surface area contributed by atoms with Gasteiger partial charge in [0, 0.05) is 12.0 Å². The molecule has 2 fully saturated rings. The summed E-state index contributed by atoms with van der Waals surface area (Å²) in [5.41, 5.74) is 5.74. The third-order valence-electron chi connectivity index (χ3n) is 5.31. The molecule has 1 amide bonds. The Bertz CT molecular complexity index is 400. The molecule has 120 valence electrons. The van der Waals surface area contributed by atoms with Crippen LogP contribution in [0.4, 0.5) is 0 Å². The van der Waals surface area contributed by atoms with Gasteiger partial charge in [0.2, 0.25) is 5.91 Å². The van der Waals surface area contributed by atoms with Gasteiger partial charge in [-0.05, 0) is 31.1 Å². The van der Waals surface area contributed by atoms with Crippen LogP contribution in [-0.4, -0.2) is 34.4 Å². The summed E-state index contributed by atoms with van der Waals surface area (Å²) in [5.74, 6) is 0.403. The number of carbonyl (C=O) groups excluding carboxylic acids is 1. The average molecular weight is 295 g/mol. The van der Waals surface area contributed by atoms with Crippen LogP contribution in [0.5, 0.6) is 0 Å². The zero-order chi connectivity index (χ0) is 15.5. The highest BCUT2D eigenvalue weighted by atomic mass is 16.4. The predicted octanol–water partition coefficient (Wildman–Crippen LogP) is 2.72. The normalized spacial score (nSPS) is 26.8. The van der Waals surface area contributed by atoms with Gasteiger partial charge in [0.1, 0.15) is 0 Å². The number of carbonyl (C=O) groups is 1. The van der Waals surface area contributed by atoms with E-state index in [1.54, 1.807) is 0 Å². The first-order valence-electron chi connectivity index (χ1n) is 8.22. The Morgan fingerprint density at radius 2 is 1.86 bits per heavy atom. The first-order valence-corrected chi connectivity index (χ1v) is 8.22. The molecule has 2 rings (SSSR count). The number of hydrogen-bond acceptors (Lipinski definition) is 3. The van der Waals surface area contributed by atoms with Crippen molar-refractivity contribution in [2.45, 2.75) is 71.3 Å². The molecule has 0 spiro atoms. The van der Waals surface area contributed by atoms with Gasteiger partial charge in [-0.2, -0.15) is 0 Å². The summed E-state index contributed by atoms with van der Waals surface area (Å²) < 4.78 is 0. The minimum atomic E-state index is 0.0529. The Morgan fingerprint density at radius 1 is 1.24 bits per heavy atom. The van der Waals surface area contributed by atoms with E-state index in [4.69, 9.17) is 10.9 Å².